The molecular formula is C16H22N4O3. The highest BCUT2D eigenvalue weighted by Gasteiger charge is 2.06. The summed E-state index contributed by atoms with van der Waals surface area (Å²) in [7, 11) is 0. The summed E-state index contributed by atoms with van der Waals surface area (Å²) in [6.45, 7) is 0.918. The van der Waals surface area contributed by atoms with Gasteiger partial charge in [-0.3, -0.25) is 0 Å². The molecule has 0 amide bonds. The Hall–Kier alpha value is -2.51. The molecule has 2 rings (SSSR count). The van der Waals surface area contributed by atoms with Crippen molar-refractivity contribution in [2.24, 2.45) is 10.2 Å². The van der Waals surface area contributed by atoms with Gasteiger partial charge in [0, 0.05) is 24.8 Å². The molecule has 0 saturated heterocycles. The van der Waals surface area contributed by atoms with Crippen molar-refractivity contribution >= 4 is 17.2 Å². The Balaban J connectivity index is 0.00000264. The van der Waals surface area contributed by atoms with Crippen molar-refractivity contribution in [3.63, 3.8) is 0 Å². The summed E-state index contributed by atoms with van der Waals surface area (Å²) in [5.41, 5.74) is 1.49. The summed E-state index contributed by atoms with van der Waals surface area (Å²) in [6.07, 6.45) is 1.36. The molecule has 1 aromatic carbocycles. The van der Waals surface area contributed by atoms with Gasteiger partial charge in [0.2, 0.25) is 0 Å². The number of hydrogen-bond acceptors (Lipinski definition) is 6. The van der Waals surface area contributed by atoms with Gasteiger partial charge in [-0.2, -0.15) is 0 Å². The summed E-state index contributed by atoms with van der Waals surface area (Å²) in [5, 5.41) is 37.4. The van der Waals surface area contributed by atoms with E-state index in [9.17, 15) is 5.21 Å². The highest BCUT2D eigenvalue weighted by molar-refractivity contribution is 5.52. The molecule has 2 N–H and O–H groups in total. The minimum Gasteiger partial charge on any atom is -0.710 e. The summed E-state index contributed by atoms with van der Waals surface area (Å²) >= 11 is 0. The van der Waals surface area contributed by atoms with Crippen molar-refractivity contribution in [2.45, 2.75) is 7.43 Å². The van der Waals surface area contributed by atoms with Crippen LogP contribution in [-0.4, -0.2) is 36.5 Å². The molecule has 0 aliphatic carbocycles. The van der Waals surface area contributed by atoms with Gasteiger partial charge in [0.15, 0.2) is 0 Å². The van der Waals surface area contributed by atoms with Crippen LogP contribution in [0.3, 0.4) is 0 Å². The minimum atomic E-state index is 0. The van der Waals surface area contributed by atoms with Crippen molar-refractivity contribution < 1.29 is 14.9 Å². The minimum absolute atomic E-state index is 0. The number of anilines is 1. The highest BCUT2D eigenvalue weighted by atomic mass is 16.5. The number of aromatic nitrogens is 1. The first kappa shape index (κ1) is 18.5. The van der Waals surface area contributed by atoms with Crippen LogP contribution in [0.1, 0.15) is 7.43 Å². The van der Waals surface area contributed by atoms with Gasteiger partial charge in [0.1, 0.15) is 5.69 Å². The Morgan fingerprint density at radius 2 is 1.61 bits per heavy atom. The number of aliphatic hydroxyl groups is 2. The van der Waals surface area contributed by atoms with E-state index in [1.165, 1.54) is 6.20 Å². The third kappa shape index (κ3) is 5.32. The zero-order chi connectivity index (χ0) is 15.8. The number of aliphatic hydroxyl groups excluding tert-OH is 2. The van der Waals surface area contributed by atoms with Crippen molar-refractivity contribution in [1.29, 1.82) is 0 Å². The molecule has 0 atom stereocenters. The molecule has 1 heterocycles. The Bertz CT molecular complexity index is 611. The van der Waals surface area contributed by atoms with Crippen LogP contribution in [-0.2, 0) is 0 Å². The van der Waals surface area contributed by atoms with Crippen LogP contribution in [0.5, 0.6) is 0 Å². The molecular weight excluding hydrogens is 296 g/mol. The van der Waals surface area contributed by atoms with Crippen LogP contribution < -0.4 is 9.63 Å². The Morgan fingerprint density at radius 3 is 2.17 bits per heavy atom. The van der Waals surface area contributed by atoms with E-state index in [-0.39, 0.29) is 26.5 Å². The van der Waals surface area contributed by atoms with Crippen molar-refractivity contribution in [3.8, 4) is 0 Å². The second-order valence-electron chi connectivity index (χ2n) is 4.54. The van der Waals surface area contributed by atoms with Crippen molar-refractivity contribution in [1.82, 2.24) is 0 Å². The molecule has 2 aromatic rings. The molecule has 0 aliphatic rings. The number of benzene rings is 1. The maximum atomic E-state index is 11.4. The van der Waals surface area contributed by atoms with Gasteiger partial charge in [-0.05, 0) is 35.4 Å². The number of rotatable bonds is 7. The second-order valence-corrected chi connectivity index (χ2v) is 4.54. The summed E-state index contributed by atoms with van der Waals surface area (Å²) in [4.78, 5) is 1.86. The SMILES string of the molecule is C.[O-][n+]1ccccc1N=Nc1ccc(N(CCO)CCO)cc1. The van der Waals surface area contributed by atoms with Gasteiger partial charge < -0.3 is 20.3 Å². The molecule has 1 aromatic heterocycles. The number of azo groups is 1. The lowest BCUT2D eigenvalue weighted by atomic mass is 10.2. The van der Waals surface area contributed by atoms with Crippen LogP contribution >= 0.6 is 0 Å². The second kappa shape index (κ2) is 9.50. The molecule has 0 unspecified atom stereocenters. The monoisotopic (exact) mass is 318 g/mol. The maximum Gasteiger partial charge on any atom is 0.353 e. The van der Waals surface area contributed by atoms with E-state index in [4.69, 9.17) is 10.2 Å². The topological polar surface area (TPSA) is 95.4 Å². The molecule has 7 heteroatoms. The molecule has 23 heavy (non-hydrogen) atoms. The average molecular weight is 318 g/mol. The normalized spacial score (nSPS) is 10.5. The smallest absolute Gasteiger partial charge is 0.353 e. The predicted molar refractivity (Wildman–Crippen MR) is 89.1 cm³/mol. The fourth-order valence-electron chi connectivity index (χ4n) is 1.95. The largest absolute Gasteiger partial charge is 0.710 e. The van der Waals surface area contributed by atoms with Gasteiger partial charge in [-0.25, -0.2) is 4.73 Å². The van der Waals surface area contributed by atoms with Crippen LogP contribution in [0.15, 0.2) is 58.9 Å². The van der Waals surface area contributed by atoms with Gasteiger partial charge in [-0.15, -0.1) is 0 Å². The van der Waals surface area contributed by atoms with E-state index in [2.05, 4.69) is 10.2 Å². The zero-order valence-corrected chi connectivity index (χ0v) is 12.0. The quantitative estimate of drug-likeness (QED) is 0.464. The fourth-order valence-corrected chi connectivity index (χ4v) is 1.95. The molecule has 0 aliphatic heterocycles. The lowest BCUT2D eigenvalue weighted by Gasteiger charge is -2.22. The van der Waals surface area contributed by atoms with Crippen LogP contribution in [0, 0.1) is 5.21 Å². The fraction of sp³-hybridized carbons (Fsp3) is 0.312. The van der Waals surface area contributed by atoms with Crippen molar-refractivity contribution in [2.75, 3.05) is 31.2 Å². The Labute approximate surface area is 135 Å². The standard InChI is InChI=1S/C15H18N4O3.CH4/c20-11-9-18(10-12-21)14-6-4-13(5-7-14)16-17-15-3-1-2-8-19(15)22;/h1-8,20-21H,9-12H2;1H4. The lowest BCUT2D eigenvalue weighted by Crippen LogP contribution is -2.29. The average Bonchev–Trinajstić information content (AvgIpc) is 2.54. The van der Waals surface area contributed by atoms with E-state index < -0.39 is 0 Å². The molecule has 0 bridgehead atoms. The first-order valence-electron chi connectivity index (χ1n) is 6.91. The summed E-state index contributed by atoms with van der Waals surface area (Å²) in [5.74, 6) is 0.216. The van der Waals surface area contributed by atoms with E-state index >= 15 is 0 Å². The molecule has 124 valence electrons. The van der Waals surface area contributed by atoms with Gasteiger partial charge in [-0.1, -0.05) is 13.5 Å². The van der Waals surface area contributed by atoms with E-state index in [1.54, 1.807) is 30.3 Å². The number of hydrogen-bond donors (Lipinski definition) is 2. The highest BCUT2D eigenvalue weighted by Crippen LogP contribution is 2.21. The van der Waals surface area contributed by atoms with Crippen molar-refractivity contribution in [3.05, 3.63) is 53.9 Å². The van der Waals surface area contributed by atoms with E-state index in [0.717, 1.165) is 5.69 Å². The molecule has 0 fully saturated rings. The third-order valence-corrected chi connectivity index (χ3v) is 3.03. The number of pyridine rings is 1. The Morgan fingerprint density at radius 1 is 0.957 bits per heavy atom. The summed E-state index contributed by atoms with van der Waals surface area (Å²) in [6, 6.07) is 12.1. The number of nitrogens with zero attached hydrogens (tertiary/aromatic N) is 4. The van der Waals surface area contributed by atoms with E-state index in [0.29, 0.717) is 23.5 Å². The van der Waals surface area contributed by atoms with Gasteiger partial charge >= 0.3 is 5.82 Å². The summed E-state index contributed by atoms with van der Waals surface area (Å²) < 4.78 is 0.641. The van der Waals surface area contributed by atoms with Gasteiger partial charge in [0.25, 0.3) is 0 Å². The first-order valence-corrected chi connectivity index (χ1v) is 6.91. The molecule has 0 spiro atoms. The third-order valence-electron chi connectivity index (χ3n) is 3.03. The zero-order valence-electron chi connectivity index (χ0n) is 12.0. The molecule has 0 saturated carbocycles. The molecule has 0 radical (unpaired) electrons. The Kier molecular flexibility index (Phi) is 7.65. The lowest BCUT2D eigenvalue weighted by molar-refractivity contribution is -0.591. The molecule has 7 nitrogen and oxygen atoms in total. The van der Waals surface area contributed by atoms with Crippen LogP contribution in [0.2, 0.25) is 0 Å². The predicted octanol–water partition coefficient (Wildman–Crippen LogP) is 2.16. The van der Waals surface area contributed by atoms with Gasteiger partial charge in [0.05, 0.1) is 24.5 Å². The van der Waals surface area contributed by atoms with Crippen LogP contribution in [0.4, 0.5) is 17.2 Å². The maximum absolute atomic E-state index is 11.4. The van der Waals surface area contributed by atoms with Crippen LogP contribution in [0.25, 0.3) is 0 Å². The van der Waals surface area contributed by atoms with E-state index in [1.807, 2.05) is 17.0 Å². The first-order chi connectivity index (χ1) is 10.7.